The van der Waals surface area contributed by atoms with E-state index in [1.165, 1.54) is 24.0 Å². The molecular formula is C18H24O. The molecule has 0 N–H and O–H groups in total. The van der Waals surface area contributed by atoms with E-state index in [0.717, 1.165) is 38.0 Å². The summed E-state index contributed by atoms with van der Waals surface area (Å²) in [4.78, 5) is 12.7. The predicted octanol–water partition coefficient (Wildman–Crippen LogP) is 4.19. The minimum atomic E-state index is 0.296. The number of fused-ring (bicyclic) bond motifs is 1. The van der Waals surface area contributed by atoms with Crippen LogP contribution in [-0.2, 0) is 17.6 Å². The van der Waals surface area contributed by atoms with Crippen molar-refractivity contribution in [2.75, 3.05) is 0 Å². The van der Waals surface area contributed by atoms with Crippen LogP contribution in [0.15, 0.2) is 24.3 Å². The van der Waals surface area contributed by atoms with Crippen LogP contribution in [0, 0.1) is 17.8 Å². The maximum absolute atomic E-state index is 12.7. The number of rotatable bonds is 2. The van der Waals surface area contributed by atoms with E-state index in [4.69, 9.17) is 0 Å². The quantitative estimate of drug-likeness (QED) is 0.775. The highest BCUT2D eigenvalue weighted by atomic mass is 16.1. The van der Waals surface area contributed by atoms with E-state index in [0.29, 0.717) is 17.6 Å². The van der Waals surface area contributed by atoms with E-state index >= 15 is 0 Å². The van der Waals surface area contributed by atoms with Crippen LogP contribution in [-0.4, -0.2) is 5.78 Å². The van der Waals surface area contributed by atoms with Crippen LogP contribution >= 0.6 is 0 Å². The summed E-state index contributed by atoms with van der Waals surface area (Å²) in [6, 6.07) is 8.65. The van der Waals surface area contributed by atoms with Crippen LogP contribution in [0.2, 0.25) is 0 Å². The molecule has 0 spiro atoms. The van der Waals surface area contributed by atoms with Crippen LogP contribution in [0.25, 0.3) is 0 Å². The van der Waals surface area contributed by atoms with E-state index in [1.807, 2.05) is 0 Å². The first-order chi connectivity index (χ1) is 9.24. The first kappa shape index (κ1) is 12.9. The maximum Gasteiger partial charge on any atom is 0.139 e. The largest absolute Gasteiger partial charge is 0.299 e. The summed E-state index contributed by atoms with van der Waals surface area (Å²) in [6.45, 7) is 2.30. The number of benzene rings is 1. The molecule has 19 heavy (non-hydrogen) atoms. The molecule has 1 aromatic carbocycles. The second kappa shape index (κ2) is 5.48. The lowest BCUT2D eigenvalue weighted by molar-refractivity contribution is -0.128. The van der Waals surface area contributed by atoms with Crippen molar-refractivity contribution >= 4 is 5.78 Å². The van der Waals surface area contributed by atoms with Gasteiger partial charge in [0.05, 0.1) is 0 Å². The molecule has 0 aromatic heterocycles. The Hall–Kier alpha value is -1.11. The van der Waals surface area contributed by atoms with Crippen molar-refractivity contribution in [3.63, 3.8) is 0 Å². The second-order valence-electron chi connectivity index (χ2n) is 6.58. The highest BCUT2D eigenvalue weighted by Gasteiger charge is 2.32. The van der Waals surface area contributed by atoms with Gasteiger partial charge in [-0.2, -0.15) is 0 Å². The molecule has 2 aliphatic carbocycles. The molecule has 1 saturated carbocycles. The molecule has 0 bridgehead atoms. The van der Waals surface area contributed by atoms with E-state index in [-0.39, 0.29) is 0 Å². The van der Waals surface area contributed by atoms with Crippen molar-refractivity contribution in [3.05, 3.63) is 35.4 Å². The average Bonchev–Trinajstić information content (AvgIpc) is 2.46. The SMILES string of the molecule is CC1CCCC(C(=O)C2CCc3ccccc3C2)C1. The van der Waals surface area contributed by atoms with E-state index < -0.39 is 0 Å². The van der Waals surface area contributed by atoms with Gasteiger partial charge in [0.1, 0.15) is 5.78 Å². The third kappa shape index (κ3) is 2.75. The molecule has 1 nitrogen and oxygen atoms in total. The predicted molar refractivity (Wildman–Crippen MR) is 78.1 cm³/mol. The molecule has 0 heterocycles. The molecule has 0 saturated heterocycles. The van der Waals surface area contributed by atoms with Gasteiger partial charge in [0, 0.05) is 11.8 Å². The lowest BCUT2D eigenvalue weighted by Gasteiger charge is -2.31. The van der Waals surface area contributed by atoms with Gasteiger partial charge in [-0.25, -0.2) is 0 Å². The molecule has 1 aromatic rings. The van der Waals surface area contributed by atoms with Gasteiger partial charge in [-0.15, -0.1) is 0 Å². The number of hydrogen-bond acceptors (Lipinski definition) is 1. The van der Waals surface area contributed by atoms with E-state index in [9.17, 15) is 4.79 Å². The number of carbonyl (C=O) groups is 1. The molecule has 3 rings (SSSR count). The molecule has 1 fully saturated rings. The van der Waals surface area contributed by atoms with Crippen molar-refractivity contribution < 1.29 is 4.79 Å². The molecule has 0 radical (unpaired) electrons. The van der Waals surface area contributed by atoms with Crippen molar-refractivity contribution in [3.8, 4) is 0 Å². The Morgan fingerprint density at radius 1 is 1.05 bits per heavy atom. The van der Waals surface area contributed by atoms with Gasteiger partial charge in [0.2, 0.25) is 0 Å². The molecular weight excluding hydrogens is 232 g/mol. The first-order valence-electron chi connectivity index (χ1n) is 7.84. The second-order valence-corrected chi connectivity index (χ2v) is 6.58. The smallest absolute Gasteiger partial charge is 0.139 e. The van der Waals surface area contributed by atoms with Crippen molar-refractivity contribution in [1.82, 2.24) is 0 Å². The van der Waals surface area contributed by atoms with E-state index in [1.54, 1.807) is 0 Å². The van der Waals surface area contributed by atoms with Crippen molar-refractivity contribution in [2.45, 2.75) is 51.9 Å². The minimum absolute atomic E-state index is 0.296. The Morgan fingerprint density at radius 2 is 1.84 bits per heavy atom. The van der Waals surface area contributed by atoms with E-state index in [2.05, 4.69) is 31.2 Å². The number of carbonyl (C=O) groups excluding carboxylic acids is 1. The van der Waals surface area contributed by atoms with Crippen LogP contribution in [0.5, 0.6) is 0 Å². The van der Waals surface area contributed by atoms with Gasteiger partial charge in [0.15, 0.2) is 0 Å². The first-order valence-corrected chi connectivity index (χ1v) is 7.84. The van der Waals surface area contributed by atoms with Crippen LogP contribution in [0.3, 0.4) is 0 Å². The lowest BCUT2D eigenvalue weighted by atomic mass is 9.73. The molecule has 3 unspecified atom stereocenters. The van der Waals surface area contributed by atoms with Gasteiger partial charge < -0.3 is 0 Å². The van der Waals surface area contributed by atoms with Crippen LogP contribution < -0.4 is 0 Å². The number of aryl methyl sites for hydroxylation is 1. The fourth-order valence-electron chi connectivity index (χ4n) is 3.97. The topological polar surface area (TPSA) is 17.1 Å². The summed E-state index contributed by atoms with van der Waals surface area (Å²) in [5.74, 6) is 1.98. The molecule has 2 aliphatic rings. The van der Waals surface area contributed by atoms with Gasteiger partial charge in [-0.1, -0.05) is 44.0 Å². The third-order valence-electron chi connectivity index (χ3n) is 5.09. The molecule has 0 aliphatic heterocycles. The maximum atomic E-state index is 12.7. The van der Waals surface area contributed by atoms with Gasteiger partial charge in [0.25, 0.3) is 0 Å². The zero-order valence-electron chi connectivity index (χ0n) is 11.9. The lowest BCUT2D eigenvalue weighted by Crippen LogP contribution is -2.31. The average molecular weight is 256 g/mol. The highest BCUT2D eigenvalue weighted by Crippen LogP contribution is 2.34. The van der Waals surface area contributed by atoms with Crippen molar-refractivity contribution in [1.29, 1.82) is 0 Å². The molecule has 102 valence electrons. The zero-order valence-corrected chi connectivity index (χ0v) is 11.9. The normalized spacial score (nSPS) is 30.7. The Balaban J connectivity index is 1.69. The summed E-state index contributed by atoms with van der Waals surface area (Å²) in [7, 11) is 0. The van der Waals surface area contributed by atoms with Gasteiger partial charge in [-0.3, -0.25) is 4.79 Å². The number of Topliss-reactive ketones (excluding diaryl/α,β-unsaturated/α-hetero) is 1. The fourth-order valence-corrected chi connectivity index (χ4v) is 3.97. The number of ketones is 1. The monoisotopic (exact) mass is 256 g/mol. The highest BCUT2D eigenvalue weighted by molar-refractivity contribution is 5.84. The summed E-state index contributed by atoms with van der Waals surface area (Å²) in [5.41, 5.74) is 2.87. The summed E-state index contributed by atoms with van der Waals surface area (Å²) < 4.78 is 0. The minimum Gasteiger partial charge on any atom is -0.299 e. The Morgan fingerprint density at radius 3 is 2.63 bits per heavy atom. The molecule has 3 atom stereocenters. The standard InChI is InChI=1S/C18H24O/c1-13-5-4-8-16(11-13)18(19)17-10-9-14-6-2-3-7-15(14)12-17/h2-3,6-7,13,16-17H,4-5,8-12H2,1H3. The Kier molecular flexibility index (Phi) is 3.72. The molecule has 1 heteroatoms. The molecule has 0 amide bonds. The third-order valence-corrected chi connectivity index (χ3v) is 5.09. The summed E-state index contributed by atoms with van der Waals surface area (Å²) in [5, 5.41) is 0. The number of hydrogen-bond donors (Lipinski definition) is 0. The van der Waals surface area contributed by atoms with Crippen molar-refractivity contribution in [2.24, 2.45) is 17.8 Å². The zero-order chi connectivity index (χ0) is 13.2. The van der Waals surface area contributed by atoms with Crippen LogP contribution in [0.4, 0.5) is 0 Å². The Bertz CT molecular complexity index is 463. The van der Waals surface area contributed by atoms with Gasteiger partial charge >= 0.3 is 0 Å². The summed E-state index contributed by atoms with van der Waals surface area (Å²) >= 11 is 0. The summed E-state index contributed by atoms with van der Waals surface area (Å²) in [6.07, 6.45) is 7.99. The fraction of sp³-hybridized carbons (Fsp3) is 0.611. The van der Waals surface area contributed by atoms with Crippen LogP contribution in [0.1, 0.15) is 50.2 Å². The van der Waals surface area contributed by atoms with Gasteiger partial charge in [-0.05, 0) is 49.1 Å². The Labute approximate surface area is 116 Å².